The Hall–Kier alpha value is -0.940. The summed E-state index contributed by atoms with van der Waals surface area (Å²) in [6.07, 6.45) is 7.72. The molecule has 0 bridgehead atoms. The fourth-order valence-electron chi connectivity index (χ4n) is 3.74. The van der Waals surface area contributed by atoms with Gasteiger partial charge in [-0.3, -0.25) is 14.7 Å². The summed E-state index contributed by atoms with van der Waals surface area (Å²) in [4.78, 5) is 20.4. The van der Waals surface area contributed by atoms with Crippen LogP contribution in [-0.2, 0) is 13.0 Å². The van der Waals surface area contributed by atoms with E-state index in [2.05, 4.69) is 21.8 Å². The summed E-state index contributed by atoms with van der Waals surface area (Å²) in [5.74, 6) is 0.798. The van der Waals surface area contributed by atoms with Gasteiger partial charge < -0.3 is 4.98 Å². The standard InChI is InChI=1S/C15H23N3OS/c1-10(11-5-3-2-4-6-11)18-8-7-13-12(9-18)14(19)17-15(20)16-13/h10-11H,2-9H2,1H3,(H2,16,17,19,20). The van der Waals surface area contributed by atoms with Crippen molar-refractivity contribution in [1.82, 2.24) is 14.9 Å². The molecule has 2 heterocycles. The number of hydrogen-bond donors (Lipinski definition) is 2. The van der Waals surface area contributed by atoms with Gasteiger partial charge in [0.2, 0.25) is 0 Å². The lowest BCUT2D eigenvalue weighted by atomic mass is 9.83. The Bertz CT molecular complexity index is 586. The first-order valence-electron chi connectivity index (χ1n) is 7.73. The third-order valence-corrected chi connectivity index (χ3v) is 5.25. The Morgan fingerprint density at radius 2 is 2.00 bits per heavy atom. The summed E-state index contributed by atoms with van der Waals surface area (Å²) in [5.41, 5.74) is 1.91. The summed E-state index contributed by atoms with van der Waals surface area (Å²) in [5, 5.41) is 0. The number of nitrogens with zero attached hydrogens (tertiary/aromatic N) is 1. The molecular weight excluding hydrogens is 270 g/mol. The number of hydrogen-bond acceptors (Lipinski definition) is 3. The van der Waals surface area contributed by atoms with E-state index in [9.17, 15) is 4.79 Å². The lowest BCUT2D eigenvalue weighted by Crippen LogP contribution is -2.44. The monoisotopic (exact) mass is 293 g/mol. The highest BCUT2D eigenvalue weighted by atomic mass is 32.1. The van der Waals surface area contributed by atoms with Gasteiger partial charge in [0.05, 0.1) is 5.56 Å². The van der Waals surface area contributed by atoms with E-state index in [1.165, 1.54) is 32.1 Å². The van der Waals surface area contributed by atoms with Gasteiger partial charge in [0.15, 0.2) is 4.77 Å². The Balaban J connectivity index is 1.78. The Kier molecular flexibility index (Phi) is 4.08. The summed E-state index contributed by atoms with van der Waals surface area (Å²) in [7, 11) is 0. The van der Waals surface area contributed by atoms with Crippen LogP contribution in [0, 0.1) is 10.7 Å². The predicted molar refractivity (Wildman–Crippen MR) is 82.4 cm³/mol. The van der Waals surface area contributed by atoms with Crippen molar-refractivity contribution in [3.05, 3.63) is 26.4 Å². The van der Waals surface area contributed by atoms with Gasteiger partial charge in [-0.1, -0.05) is 19.3 Å². The van der Waals surface area contributed by atoms with E-state index >= 15 is 0 Å². The molecule has 1 aliphatic heterocycles. The molecule has 1 aromatic heterocycles. The van der Waals surface area contributed by atoms with Crippen LogP contribution in [0.4, 0.5) is 0 Å². The second-order valence-corrected chi connectivity index (χ2v) is 6.63. The molecule has 1 aliphatic carbocycles. The largest absolute Gasteiger partial charge is 0.335 e. The molecule has 0 saturated heterocycles. The molecule has 20 heavy (non-hydrogen) atoms. The van der Waals surface area contributed by atoms with Crippen molar-refractivity contribution in [2.24, 2.45) is 5.92 Å². The van der Waals surface area contributed by atoms with Gasteiger partial charge in [-0.2, -0.15) is 0 Å². The first-order chi connectivity index (χ1) is 9.65. The van der Waals surface area contributed by atoms with E-state index < -0.39 is 0 Å². The zero-order valence-corrected chi connectivity index (χ0v) is 12.9. The average Bonchev–Trinajstić information content (AvgIpc) is 2.47. The van der Waals surface area contributed by atoms with Crippen LogP contribution in [0.15, 0.2) is 4.79 Å². The second-order valence-electron chi connectivity index (χ2n) is 6.22. The second kappa shape index (κ2) is 5.82. The maximum Gasteiger partial charge on any atom is 0.256 e. The quantitative estimate of drug-likeness (QED) is 0.824. The van der Waals surface area contributed by atoms with E-state index in [1.54, 1.807) is 0 Å². The van der Waals surface area contributed by atoms with Crippen LogP contribution in [0.1, 0.15) is 50.3 Å². The fourth-order valence-corrected chi connectivity index (χ4v) is 3.96. The first kappa shape index (κ1) is 14.0. The average molecular weight is 293 g/mol. The maximum absolute atomic E-state index is 12.1. The predicted octanol–water partition coefficient (Wildman–Crippen LogP) is 2.76. The van der Waals surface area contributed by atoms with E-state index in [1.807, 2.05) is 0 Å². The maximum atomic E-state index is 12.1. The van der Waals surface area contributed by atoms with Crippen LogP contribution in [0.2, 0.25) is 0 Å². The Morgan fingerprint density at radius 3 is 2.75 bits per heavy atom. The van der Waals surface area contributed by atoms with Crippen molar-refractivity contribution < 1.29 is 0 Å². The van der Waals surface area contributed by atoms with E-state index in [-0.39, 0.29) is 5.56 Å². The lowest BCUT2D eigenvalue weighted by molar-refractivity contribution is 0.115. The molecule has 1 unspecified atom stereocenters. The molecule has 4 nitrogen and oxygen atoms in total. The molecule has 2 N–H and O–H groups in total. The van der Waals surface area contributed by atoms with Crippen molar-refractivity contribution in [1.29, 1.82) is 0 Å². The molecule has 0 aromatic carbocycles. The highest BCUT2D eigenvalue weighted by Crippen LogP contribution is 2.30. The molecule has 0 radical (unpaired) electrons. The first-order valence-corrected chi connectivity index (χ1v) is 8.14. The molecule has 0 amide bonds. The summed E-state index contributed by atoms with van der Waals surface area (Å²) < 4.78 is 0.447. The molecule has 1 fully saturated rings. The molecule has 2 aliphatic rings. The SMILES string of the molecule is CC(C1CCCCC1)N1CCc2[nH]c(=S)[nH]c(=O)c2C1. The summed E-state index contributed by atoms with van der Waals surface area (Å²) in [6.45, 7) is 4.12. The minimum Gasteiger partial charge on any atom is -0.335 e. The normalized spacial score (nSPS) is 22.4. The molecule has 1 aromatic rings. The number of nitrogens with one attached hydrogen (secondary N) is 2. The van der Waals surface area contributed by atoms with Crippen LogP contribution < -0.4 is 5.56 Å². The smallest absolute Gasteiger partial charge is 0.256 e. The third-order valence-electron chi connectivity index (χ3n) is 5.05. The van der Waals surface area contributed by atoms with Crippen molar-refractivity contribution in [3.63, 3.8) is 0 Å². The minimum atomic E-state index is -0.00991. The number of aromatic amines is 2. The van der Waals surface area contributed by atoms with Gasteiger partial charge in [-0.15, -0.1) is 0 Å². The van der Waals surface area contributed by atoms with Gasteiger partial charge in [0.25, 0.3) is 5.56 Å². The highest BCUT2D eigenvalue weighted by molar-refractivity contribution is 7.71. The van der Waals surface area contributed by atoms with Crippen LogP contribution in [0.5, 0.6) is 0 Å². The van der Waals surface area contributed by atoms with Crippen LogP contribution in [0.3, 0.4) is 0 Å². The number of rotatable bonds is 2. The molecule has 1 saturated carbocycles. The molecule has 110 valence electrons. The molecule has 5 heteroatoms. The third kappa shape index (κ3) is 2.74. The lowest BCUT2D eigenvalue weighted by Gasteiger charge is -2.38. The van der Waals surface area contributed by atoms with Crippen LogP contribution in [-0.4, -0.2) is 27.5 Å². The number of fused-ring (bicyclic) bond motifs is 1. The van der Waals surface area contributed by atoms with E-state index in [0.29, 0.717) is 10.8 Å². The van der Waals surface area contributed by atoms with Crippen LogP contribution in [0.25, 0.3) is 0 Å². The van der Waals surface area contributed by atoms with Gasteiger partial charge in [-0.25, -0.2) is 0 Å². The number of aromatic nitrogens is 2. The van der Waals surface area contributed by atoms with E-state index in [0.717, 1.165) is 36.7 Å². The highest BCUT2D eigenvalue weighted by Gasteiger charge is 2.28. The summed E-state index contributed by atoms with van der Waals surface area (Å²) in [6, 6.07) is 0.575. The topological polar surface area (TPSA) is 51.9 Å². The van der Waals surface area contributed by atoms with Gasteiger partial charge in [0.1, 0.15) is 0 Å². The summed E-state index contributed by atoms with van der Waals surface area (Å²) >= 11 is 5.04. The Morgan fingerprint density at radius 1 is 1.25 bits per heavy atom. The van der Waals surface area contributed by atoms with Crippen molar-refractivity contribution in [2.75, 3.05) is 6.54 Å². The molecule has 1 atom stereocenters. The van der Waals surface area contributed by atoms with E-state index in [4.69, 9.17) is 12.2 Å². The van der Waals surface area contributed by atoms with Gasteiger partial charge in [0, 0.05) is 31.2 Å². The van der Waals surface area contributed by atoms with Gasteiger partial charge in [-0.05, 0) is 37.9 Å². The molecule has 0 spiro atoms. The molecular formula is C15H23N3OS. The fraction of sp³-hybridized carbons (Fsp3) is 0.733. The Labute approximate surface area is 124 Å². The zero-order valence-electron chi connectivity index (χ0n) is 12.1. The zero-order chi connectivity index (χ0) is 14.1. The van der Waals surface area contributed by atoms with Crippen molar-refractivity contribution in [3.8, 4) is 0 Å². The van der Waals surface area contributed by atoms with Crippen LogP contribution >= 0.6 is 12.2 Å². The van der Waals surface area contributed by atoms with Crippen molar-refractivity contribution >= 4 is 12.2 Å². The number of H-pyrrole nitrogens is 2. The molecule has 3 rings (SSSR count). The minimum absolute atomic E-state index is 0.00991. The van der Waals surface area contributed by atoms with Gasteiger partial charge >= 0.3 is 0 Å². The van der Waals surface area contributed by atoms with Crippen molar-refractivity contribution in [2.45, 2.75) is 58.0 Å².